The van der Waals surface area contributed by atoms with E-state index in [1.807, 2.05) is 18.2 Å². The molecule has 1 aliphatic heterocycles. The number of aromatic nitrogens is 2. The van der Waals surface area contributed by atoms with Gasteiger partial charge in [-0.1, -0.05) is 12.1 Å². The first-order valence-electron chi connectivity index (χ1n) is 9.69. The number of carbonyl (C=O) groups excluding carboxylic acids is 2. The molecule has 0 bridgehead atoms. The van der Waals surface area contributed by atoms with Gasteiger partial charge in [-0.05, 0) is 31.9 Å². The van der Waals surface area contributed by atoms with Gasteiger partial charge in [0.15, 0.2) is 0 Å². The van der Waals surface area contributed by atoms with E-state index in [2.05, 4.69) is 22.9 Å². The number of fused-ring (bicyclic) bond motifs is 1. The Morgan fingerprint density at radius 2 is 2.07 bits per heavy atom. The van der Waals surface area contributed by atoms with Gasteiger partial charge in [0.05, 0.1) is 17.0 Å². The lowest BCUT2D eigenvalue weighted by molar-refractivity contribution is -0.126. The van der Waals surface area contributed by atoms with Crippen molar-refractivity contribution in [3.05, 3.63) is 30.1 Å². The van der Waals surface area contributed by atoms with Gasteiger partial charge in [-0.25, -0.2) is 9.78 Å². The Morgan fingerprint density at radius 3 is 2.81 bits per heavy atom. The van der Waals surface area contributed by atoms with E-state index in [-0.39, 0.29) is 17.9 Å². The lowest BCUT2D eigenvalue weighted by atomic mass is 9.97. The molecule has 1 aromatic carbocycles. The molecule has 1 aromatic heterocycles. The molecule has 2 heterocycles. The number of benzene rings is 1. The summed E-state index contributed by atoms with van der Waals surface area (Å²) in [6.07, 6.45) is 2.39. The maximum Gasteiger partial charge on any atom is 0.319 e. The van der Waals surface area contributed by atoms with Crippen LogP contribution in [0.15, 0.2) is 24.3 Å². The Kier molecular flexibility index (Phi) is 5.98. The summed E-state index contributed by atoms with van der Waals surface area (Å²) >= 11 is 0. The molecule has 1 atom stereocenters. The van der Waals surface area contributed by atoms with E-state index >= 15 is 0 Å². The van der Waals surface area contributed by atoms with Gasteiger partial charge < -0.3 is 19.7 Å². The normalized spacial score (nSPS) is 17.1. The molecule has 2 aromatic rings. The molecule has 7 nitrogen and oxygen atoms in total. The van der Waals surface area contributed by atoms with Crippen LogP contribution in [0.1, 0.15) is 25.6 Å². The van der Waals surface area contributed by atoms with E-state index in [0.29, 0.717) is 19.5 Å². The number of aryl methyl sites for hydroxylation is 1. The van der Waals surface area contributed by atoms with Crippen molar-refractivity contribution < 1.29 is 9.59 Å². The predicted octanol–water partition coefficient (Wildman–Crippen LogP) is 2.11. The van der Waals surface area contributed by atoms with Crippen molar-refractivity contribution in [2.45, 2.75) is 32.7 Å². The first-order valence-corrected chi connectivity index (χ1v) is 9.69. The molecule has 0 radical (unpaired) electrons. The number of hydrogen-bond acceptors (Lipinski definition) is 3. The number of amides is 3. The van der Waals surface area contributed by atoms with Crippen LogP contribution in [0.3, 0.4) is 0 Å². The van der Waals surface area contributed by atoms with E-state index in [1.165, 1.54) is 0 Å². The number of likely N-dealkylation sites (tertiary alicyclic amines) is 1. The maximum atomic E-state index is 12.6. The maximum absolute atomic E-state index is 12.6. The van der Waals surface area contributed by atoms with E-state index in [0.717, 1.165) is 42.8 Å². The number of hydrogen-bond donors (Lipinski definition) is 1. The minimum atomic E-state index is -0.132. The van der Waals surface area contributed by atoms with Crippen LogP contribution in [0.5, 0.6) is 0 Å². The van der Waals surface area contributed by atoms with Crippen molar-refractivity contribution in [2.24, 2.45) is 5.92 Å². The molecule has 3 rings (SSSR count). The first kappa shape index (κ1) is 19.2. The van der Waals surface area contributed by atoms with Gasteiger partial charge in [-0.2, -0.15) is 0 Å². The third-order valence-electron chi connectivity index (χ3n) is 5.14. The summed E-state index contributed by atoms with van der Waals surface area (Å²) in [6.45, 7) is 4.74. The van der Waals surface area contributed by atoms with Crippen LogP contribution in [0, 0.1) is 5.92 Å². The molecule has 1 aliphatic rings. The molecule has 1 saturated heterocycles. The Hall–Kier alpha value is -2.57. The number of para-hydroxylation sites is 2. The Bertz CT molecular complexity index is 814. The zero-order chi connectivity index (χ0) is 19.4. The first-order chi connectivity index (χ1) is 13.0. The molecule has 146 valence electrons. The van der Waals surface area contributed by atoms with Crippen LogP contribution in [-0.4, -0.2) is 65.0 Å². The summed E-state index contributed by atoms with van der Waals surface area (Å²) in [7, 11) is 3.48. The van der Waals surface area contributed by atoms with E-state index in [1.54, 1.807) is 23.9 Å². The number of nitrogens with zero attached hydrogens (tertiary/aromatic N) is 4. The molecule has 0 unspecified atom stereocenters. The van der Waals surface area contributed by atoms with Gasteiger partial charge in [0.25, 0.3) is 0 Å². The van der Waals surface area contributed by atoms with Crippen molar-refractivity contribution in [3.8, 4) is 0 Å². The molecule has 7 heteroatoms. The van der Waals surface area contributed by atoms with E-state index in [4.69, 9.17) is 4.98 Å². The third kappa shape index (κ3) is 4.23. The van der Waals surface area contributed by atoms with Gasteiger partial charge in [-0.15, -0.1) is 0 Å². The fourth-order valence-corrected chi connectivity index (χ4v) is 3.76. The monoisotopic (exact) mass is 371 g/mol. The second kappa shape index (κ2) is 8.41. The molecule has 27 heavy (non-hydrogen) atoms. The average molecular weight is 371 g/mol. The minimum Gasteiger partial charge on any atom is -0.355 e. The van der Waals surface area contributed by atoms with Gasteiger partial charge in [0.2, 0.25) is 5.91 Å². The molecule has 3 amide bonds. The summed E-state index contributed by atoms with van der Waals surface area (Å²) in [5.41, 5.74) is 2.12. The van der Waals surface area contributed by atoms with Crippen molar-refractivity contribution in [1.29, 1.82) is 0 Å². The Labute approximate surface area is 160 Å². The van der Waals surface area contributed by atoms with Gasteiger partial charge in [0, 0.05) is 46.7 Å². The quantitative estimate of drug-likeness (QED) is 0.875. The smallest absolute Gasteiger partial charge is 0.319 e. The van der Waals surface area contributed by atoms with Crippen LogP contribution in [-0.2, 0) is 17.8 Å². The number of nitrogens with one attached hydrogen (secondary N) is 1. The van der Waals surface area contributed by atoms with Gasteiger partial charge in [-0.3, -0.25) is 4.79 Å². The molecule has 1 N–H and O–H groups in total. The van der Waals surface area contributed by atoms with Crippen LogP contribution < -0.4 is 5.32 Å². The topological polar surface area (TPSA) is 70.5 Å². The summed E-state index contributed by atoms with van der Waals surface area (Å²) in [4.78, 5) is 32.7. The molecular formula is C20H29N5O2. The predicted molar refractivity (Wildman–Crippen MR) is 106 cm³/mol. The third-order valence-corrected chi connectivity index (χ3v) is 5.14. The zero-order valence-electron chi connectivity index (χ0n) is 16.4. The fourth-order valence-electron chi connectivity index (χ4n) is 3.76. The van der Waals surface area contributed by atoms with Crippen LogP contribution in [0.2, 0.25) is 0 Å². The van der Waals surface area contributed by atoms with Crippen molar-refractivity contribution >= 4 is 23.0 Å². The Morgan fingerprint density at radius 1 is 1.30 bits per heavy atom. The van der Waals surface area contributed by atoms with Crippen molar-refractivity contribution in [2.75, 3.05) is 33.7 Å². The van der Waals surface area contributed by atoms with Gasteiger partial charge in [0.1, 0.15) is 5.82 Å². The number of rotatable bonds is 5. The average Bonchev–Trinajstić information content (AvgIpc) is 3.04. The molecule has 0 saturated carbocycles. The summed E-state index contributed by atoms with van der Waals surface area (Å²) < 4.78 is 2.19. The van der Waals surface area contributed by atoms with E-state index < -0.39 is 0 Å². The SMILES string of the molecule is CCn1c(CCNC(=O)[C@@H]2CCCN(C(=O)N(C)C)C2)nc2ccccc21. The highest BCUT2D eigenvalue weighted by molar-refractivity contribution is 5.81. The lowest BCUT2D eigenvalue weighted by Crippen LogP contribution is -2.48. The summed E-state index contributed by atoms with van der Waals surface area (Å²) in [5.74, 6) is 0.894. The number of piperidine rings is 1. The standard InChI is InChI=1S/C20H29N5O2/c1-4-25-17-10-6-5-9-16(17)22-18(25)11-12-21-19(26)15-8-7-13-24(14-15)20(27)23(2)3/h5-6,9-10,15H,4,7-8,11-14H2,1-3H3,(H,21,26)/t15-/m1/s1. The van der Waals surface area contributed by atoms with Gasteiger partial charge >= 0.3 is 6.03 Å². The van der Waals surface area contributed by atoms with Crippen molar-refractivity contribution in [1.82, 2.24) is 24.7 Å². The minimum absolute atomic E-state index is 0.0239. The molecule has 0 aliphatic carbocycles. The number of urea groups is 1. The summed E-state index contributed by atoms with van der Waals surface area (Å²) in [6, 6.07) is 8.08. The van der Waals surface area contributed by atoms with Crippen molar-refractivity contribution in [3.63, 3.8) is 0 Å². The fraction of sp³-hybridized carbons (Fsp3) is 0.550. The summed E-state index contributed by atoms with van der Waals surface area (Å²) in [5, 5.41) is 3.04. The Balaban J connectivity index is 1.56. The molecule has 0 spiro atoms. The highest BCUT2D eigenvalue weighted by Crippen LogP contribution is 2.18. The highest BCUT2D eigenvalue weighted by Gasteiger charge is 2.28. The number of carbonyl (C=O) groups is 2. The van der Waals surface area contributed by atoms with Crippen LogP contribution >= 0.6 is 0 Å². The molecule has 1 fully saturated rings. The second-order valence-corrected chi connectivity index (χ2v) is 7.26. The molecular weight excluding hydrogens is 342 g/mol. The number of imidazole rings is 1. The largest absolute Gasteiger partial charge is 0.355 e. The van der Waals surface area contributed by atoms with E-state index in [9.17, 15) is 9.59 Å². The second-order valence-electron chi connectivity index (χ2n) is 7.26. The zero-order valence-corrected chi connectivity index (χ0v) is 16.4. The van der Waals surface area contributed by atoms with Crippen LogP contribution in [0.4, 0.5) is 4.79 Å². The lowest BCUT2D eigenvalue weighted by Gasteiger charge is -2.33. The highest BCUT2D eigenvalue weighted by atomic mass is 16.2. The van der Waals surface area contributed by atoms with Crippen LogP contribution in [0.25, 0.3) is 11.0 Å².